The van der Waals surface area contributed by atoms with E-state index in [0.717, 1.165) is 27.2 Å². The van der Waals surface area contributed by atoms with Crippen LogP contribution in [0.5, 0.6) is 0 Å². The Balaban J connectivity index is 1.80. The van der Waals surface area contributed by atoms with Gasteiger partial charge in [0.1, 0.15) is 5.69 Å². The van der Waals surface area contributed by atoms with Gasteiger partial charge in [-0.05, 0) is 25.0 Å². The maximum absolute atomic E-state index is 5.91. The van der Waals surface area contributed by atoms with E-state index in [1.165, 1.54) is 30.6 Å². The highest BCUT2D eigenvalue weighted by Crippen LogP contribution is 2.33. The Bertz CT molecular complexity index is 490. The fraction of sp³-hybridized carbons (Fsp3) is 0.364. The lowest BCUT2D eigenvalue weighted by Gasteiger charge is -2.00. The maximum atomic E-state index is 5.91. The predicted molar refractivity (Wildman–Crippen MR) is 64.7 cm³/mol. The van der Waals surface area contributed by atoms with E-state index >= 15 is 0 Å². The van der Waals surface area contributed by atoms with Crippen LogP contribution in [0.2, 0.25) is 4.34 Å². The first-order valence-corrected chi connectivity index (χ1v) is 6.44. The minimum atomic E-state index is 0.677. The molecule has 1 aliphatic carbocycles. The molecule has 0 unspecified atom stereocenters. The molecular formula is C11H11ClN2OS. The summed E-state index contributed by atoms with van der Waals surface area (Å²) in [7, 11) is 0. The van der Waals surface area contributed by atoms with Crippen molar-refractivity contribution in [3.8, 4) is 10.6 Å². The highest BCUT2D eigenvalue weighted by molar-refractivity contribution is 7.19. The lowest BCUT2D eigenvalue weighted by atomic mass is 10.3. The predicted octanol–water partition coefficient (Wildman–Crippen LogP) is 3.31. The lowest BCUT2D eigenvalue weighted by Crippen LogP contribution is -2.15. The van der Waals surface area contributed by atoms with Crippen LogP contribution in [0, 0.1) is 0 Å². The van der Waals surface area contributed by atoms with E-state index in [-0.39, 0.29) is 0 Å². The summed E-state index contributed by atoms with van der Waals surface area (Å²) >= 11 is 7.42. The van der Waals surface area contributed by atoms with E-state index in [1.54, 1.807) is 0 Å². The molecule has 0 aliphatic heterocycles. The van der Waals surface area contributed by atoms with Crippen LogP contribution < -0.4 is 5.32 Å². The van der Waals surface area contributed by atoms with Crippen molar-refractivity contribution in [2.45, 2.75) is 25.4 Å². The molecule has 1 fully saturated rings. The number of rotatable bonds is 4. The van der Waals surface area contributed by atoms with E-state index in [9.17, 15) is 0 Å². The van der Waals surface area contributed by atoms with Gasteiger partial charge in [0.15, 0.2) is 12.2 Å². The van der Waals surface area contributed by atoms with Crippen molar-refractivity contribution in [1.82, 2.24) is 10.3 Å². The average molecular weight is 255 g/mol. The van der Waals surface area contributed by atoms with Crippen molar-refractivity contribution in [1.29, 1.82) is 0 Å². The Labute approximate surface area is 102 Å². The third kappa shape index (κ3) is 2.14. The highest BCUT2D eigenvalue weighted by atomic mass is 35.5. The minimum Gasteiger partial charge on any atom is -0.442 e. The van der Waals surface area contributed by atoms with Gasteiger partial charge in [0.25, 0.3) is 0 Å². The summed E-state index contributed by atoms with van der Waals surface area (Å²) < 4.78 is 6.19. The molecule has 0 aromatic carbocycles. The topological polar surface area (TPSA) is 38.1 Å². The van der Waals surface area contributed by atoms with Crippen LogP contribution in [0.4, 0.5) is 0 Å². The molecule has 3 rings (SSSR count). The Kier molecular flexibility index (Phi) is 2.71. The molecule has 2 aromatic heterocycles. The molecule has 5 heteroatoms. The fourth-order valence-electron chi connectivity index (χ4n) is 1.56. The van der Waals surface area contributed by atoms with Gasteiger partial charge in [-0.2, -0.15) is 0 Å². The number of hydrogen-bond acceptors (Lipinski definition) is 4. The van der Waals surface area contributed by atoms with Gasteiger partial charge in [-0.15, -0.1) is 11.3 Å². The number of nitrogens with zero attached hydrogens (tertiary/aromatic N) is 1. The first-order chi connectivity index (χ1) is 7.83. The molecule has 2 aromatic rings. The van der Waals surface area contributed by atoms with Crippen LogP contribution in [-0.4, -0.2) is 11.0 Å². The standard InChI is InChI=1S/C11H11ClN2OS/c12-10-4-3-9(16-10)11-8(14-6-15-11)5-13-7-1-2-7/h3-4,6-7,13H,1-2,5H2. The number of aromatic nitrogens is 1. The molecule has 1 saturated carbocycles. The van der Waals surface area contributed by atoms with Gasteiger partial charge < -0.3 is 9.73 Å². The van der Waals surface area contributed by atoms with Gasteiger partial charge in [0.05, 0.1) is 9.21 Å². The number of thiophene rings is 1. The Morgan fingerprint density at radius 3 is 3.06 bits per heavy atom. The zero-order valence-electron chi connectivity index (χ0n) is 8.57. The van der Waals surface area contributed by atoms with Crippen LogP contribution in [0.3, 0.4) is 0 Å². The molecular weight excluding hydrogens is 244 g/mol. The van der Waals surface area contributed by atoms with Gasteiger partial charge in [0, 0.05) is 12.6 Å². The smallest absolute Gasteiger partial charge is 0.181 e. The number of nitrogens with one attached hydrogen (secondary N) is 1. The van der Waals surface area contributed by atoms with Crippen LogP contribution in [0.1, 0.15) is 18.5 Å². The quantitative estimate of drug-likeness (QED) is 0.910. The van der Waals surface area contributed by atoms with Crippen LogP contribution in [-0.2, 0) is 6.54 Å². The molecule has 1 aliphatic rings. The monoisotopic (exact) mass is 254 g/mol. The van der Waals surface area contributed by atoms with Crippen molar-refractivity contribution in [3.63, 3.8) is 0 Å². The summed E-state index contributed by atoms with van der Waals surface area (Å²) in [5, 5.41) is 3.43. The van der Waals surface area contributed by atoms with E-state index in [0.29, 0.717) is 6.04 Å². The van der Waals surface area contributed by atoms with E-state index in [4.69, 9.17) is 16.0 Å². The molecule has 1 N–H and O–H groups in total. The third-order valence-corrected chi connectivity index (χ3v) is 3.80. The van der Waals surface area contributed by atoms with Crippen molar-refractivity contribution >= 4 is 22.9 Å². The molecule has 0 amide bonds. The van der Waals surface area contributed by atoms with Crippen molar-refractivity contribution in [3.05, 3.63) is 28.6 Å². The van der Waals surface area contributed by atoms with Crippen molar-refractivity contribution in [2.24, 2.45) is 0 Å². The number of oxazole rings is 1. The van der Waals surface area contributed by atoms with Crippen LogP contribution >= 0.6 is 22.9 Å². The van der Waals surface area contributed by atoms with Gasteiger partial charge in [-0.3, -0.25) is 0 Å². The molecule has 3 nitrogen and oxygen atoms in total. The average Bonchev–Trinajstić information content (AvgIpc) is 2.82. The second-order valence-electron chi connectivity index (χ2n) is 3.89. The second-order valence-corrected chi connectivity index (χ2v) is 5.60. The van der Waals surface area contributed by atoms with Crippen molar-refractivity contribution in [2.75, 3.05) is 0 Å². The van der Waals surface area contributed by atoms with Crippen LogP contribution in [0.25, 0.3) is 10.6 Å². The third-order valence-electron chi connectivity index (χ3n) is 2.57. The summed E-state index contributed by atoms with van der Waals surface area (Å²) in [6.07, 6.45) is 4.04. The Morgan fingerprint density at radius 1 is 1.50 bits per heavy atom. The molecule has 0 saturated heterocycles. The fourth-order valence-corrected chi connectivity index (χ4v) is 2.61. The summed E-state index contributed by atoms with van der Waals surface area (Å²) in [6.45, 7) is 0.770. The molecule has 0 bridgehead atoms. The first kappa shape index (κ1) is 10.3. The minimum absolute atomic E-state index is 0.677. The molecule has 0 atom stereocenters. The SMILES string of the molecule is Clc1ccc(-c2ocnc2CNC2CC2)s1. The number of hydrogen-bond donors (Lipinski definition) is 1. The summed E-state index contributed by atoms with van der Waals surface area (Å²) in [6, 6.07) is 4.52. The first-order valence-electron chi connectivity index (χ1n) is 5.24. The Hall–Kier alpha value is -0.840. The molecule has 2 heterocycles. The molecule has 84 valence electrons. The lowest BCUT2D eigenvalue weighted by molar-refractivity contribution is 0.570. The van der Waals surface area contributed by atoms with Gasteiger partial charge in [-0.1, -0.05) is 11.6 Å². The summed E-state index contributed by atoms with van der Waals surface area (Å²) in [4.78, 5) is 5.27. The van der Waals surface area contributed by atoms with Crippen LogP contribution in [0.15, 0.2) is 22.9 Å². The van der Waals surface area contributed by atoms with E-state index in [1.807, 2.05) is 12.1 Å². The van der Waals surface area contributed by atoms with E-state index in [2.05, 4.69) is 10.3 Å². The van der Waals surface area contributed by atoms with Crippen molar-refractivity contribution < 1.29 is 4.42 Å². The molecule has 0 spiro atoms. The normalized spacial score (nSPS) is 15.6. The number of halogens is 1. The summed E-state index contributed by atoms with van der Waals surface area (Å²) in [5.41, 5.74) is 0.963. The summed E-state index contributed by atoms with van der Waals surface area (Å²) in [5.74, 6) is 0.838. The zero-order chi connectivity index (χ0) is 11.0. The van der Waals surface area contributed by atoms with E-state index < -0.39 is 0 Å². The van der Waals surface area contributed by atoms with Gasteiger partial charge >= 0.3 is 0 Å². The maximum Gasteiger partial charge on any atom is 0.181 e. The highest BCUT2D eigenvalue weighted by Gasteiger charge is 2.22. The van der Waals surface area contributed by atoms with Gasteiger partial charge in [-0.25, -0.2) is 4.98 Å². The zero-order valence-corrected chi connectivity index (χ0v) is 10.1. The molecule has 0 radical (unpaired) electrons. The second kappa shape index (κ2) is 4.20. The molecule has 16 heavy (non-hydrogen) atoms. The Morgan fingerprint density at radius 2 is 2.38 bits per heavy atom. The van der Waals surface area contributed by atoms with Gasteiger partial charge in [0.2, 0.25) is 0 Å². The largest absolute Gasteiger partial charge is 0.442 e.